The molecule has 0 spiro atoms. The van der Waals surface area contributed by atoms with Gasteiger partial charge in [0, 0.05) is 13.6 Å². The van der Waals surface area contributed by atoms with E-state index in [9.17, 15) is 9.59 Å². The van der Waals surface area contributed by atoms with Gasteiger partial charge in [0.2, 0.25) is 0 Å². The van der Waals surface area contributed by atoms with Crippen LogP contribution in [0.5, 0.6) is 0 Å². The van der Waals surface area contributed by atoms with E-state index >= 15 is 0 Å². The second-order valence-corrected chi connectivity index (χ2v) is 3.47. The van der Waals surface area contributed by atoms with Crippen LogP contribution in [0.2, 0.25) is 0 Å². The van der Waals surface area contributed by atoms with Crippen molar-refractivity contribution in [2.45, 2.75) is 6.92 Å². The highest BCUT2D eigenvalue weighted by atomic mass is 16.5. The number of esters is 1. The van der Waals surface area contributed by atoms with Crippen LogP contribution >= 0.6 is 0 Å². The summed E-state index contributed by atoms with van der Waals surface area (Å²) in [6, 6.07) is 0. The summed E-state index contributed by atoms with van der Waals surface area (Å²) in [6.07, 6.45) is 1.33. The van der Waals surface area contributed by atoms with Crippen LogP contribution in [0.15, 0.2) is 6.20 Å². The van der Waals surface area contributed by atoms with Crippen LogP contribution < -0.4 is 0 Å². The molecule has 1 heterocycles. The smallest absolute Gasteiger partial charge is 0.310 e. The number of methoxy groups -OCH3 is 1. The van der Waals surface area contributed by atoms with Gasteiger partial charge in [-0.1, -0.05) is 6.92 Å². The molecule has 0 bridgehead atoms. The Morgan fingerprint density at radius 3 is 2.81 bits per heavy atom. The SMILES string of the molecule is COC(=O)C(C)CN(C)C(=O)c1cn[nH]n1. The van der Waals surface area contributed by atoms with Crippen LogP contribution in [-0.4, -0.2) is 52.9 Å². The molecule has 0 aliphatic carbocycles. The second-order valence-electron chi connectivity index (χ2n) is 3.47. The maximum atomic E-state index is 11.7. The third-order valence-corrected chi connectivity index (χ3v) is 2.13. The quantitative estimate of drug-likeness (QED) is 0.711. The highest BCUT2D eigenvalue weighted by molar-refractivity contribution is 5.91. The van der Waals surface area contributed by atoms with Gasteiger partial charge in [-0.25, -0.2) is 0 Å². The minimum Gasteiger partial charge on any atom is -0.469 e. The Kier molecular flexibility index (Phi) is 3.98. The van der Waals surface area contributed by atoms with Gasteiger partial charge in [-0.2, -0.15) is 15.4 Å². The van der Waals surface area contributed by atoms with Crippen molar-refractivity contribution in [3.63, 3.8) is 0 Å². The molecule has 1 rings (SSSR count). The molecule has 1 unspecified atom stereocenters. The molecule has 7 nitrogen and oxygen atoms in total. The molecule has 0 aliphatic heterocycles. The number of carbonyl (C=O) groups is 2. The van der Waals surface area contributed by atoms with Crippen molar-refractivity contribution < 1.29 is 14.3 Å². The van der Waals surface area contributed by atoms with Crippen molar-refractivity contribution >= 4 is 11.9 Å². The number of ether oxygens (including phenoxy) is 1. The number of aromatic amines is 1. The zero-order chi connectivity index (χ0) is 12.1. The van der Waals surface area contributed by atoms with Gasteiger partial charge in [0.05, 0.1) is 19.2 Å². The fraction of sp³-hybridized carbons (Fsp3) is 0.556. The molecule has 1 aromatic rings. The fourth-order valence-corrected chi connectivity index (χ4v) is 1.27. The Bertz CT molecular complexity index is 363. The van der Waals surface area contributed by atoms with E-state index in [2.05, 4.69) is 20.1 Å². The molecule has 0 aromatic carbocycles. The van der Waals surface area contributed by atoms with Crippen molar-refractivity contribution in [2.75, 3.05) is 20.7 Å². The molecular weight excluding hydrogens is 212 g/mol. The van der Waals surface area contributed by atoms with Gasteiger partial charge in [0.1, 0.15) is 0 Å². The molecule has 0 aliphatic rings. The highest BCUT2D eigenvalue weighted by Gasteiger charge is 2.20. The number of nitrogens with one attached hydrogen (secondary N) is 1. The number of hydrogen-bond acceptors (Lipinski definition) is 5. The number of carbonyl (C=O) groups excluding carboxylic acids is 2. The van der Waals surface area contributed by atoms with E-state index in [1.54, 1.807) is 14.0 Å². The van der Waals surface area contributed by atoms with Gasteiger partial charge < -0.3 is 9.64 Å². The lowest BCUT2D eigenvalue weighted by molar-refractivity contribution is -0.145. The van der Waals surface area contributed by atoms with E-state index in [0.717, 1.165) is 0 Å². The van der Waals surface area contributed by atoms with Crippen LogP contribution in [0.1, 0.15) is 17.4 Å². The summed E-state index contributed by atoms with van der Waals surface area (Å²) in [6.45, 7) is 1.97. The first-order valence-corrected chi connectivity index (χ1v) is 4.75. The number of H-pyrrole nitrogens is 1. The van der Waals surface area contributed by atoms with E-state index in [1.165, 1.54) is 18.2 Å². The van der Waals surface area contributed by atoms with Gasteiger partial charge in [-0.3, -0.25) is 9.59 Å². The Morgan fingerprint density at radius 2 is 2.31 bits per heavy atom. The lowest BCUT2D eigenvalue weighted by Crippen LogP contribution is -2.34. The maximum Gasteiger partial charge on any atom is 0.310 e. The van der Waals surface area contributed by atoms with Crippen molar-refractivity contribution in [1.82, 2.24) is 20.3 Å². The van der Waals surface area contributed by atoms with Gasteiger partial charge >= 0.3 is 5.97 Å². The van der Waals surface area contributed by atoms with Gasteiger partial charge in [0.15, 0.2) is 5.69 Å². The number of nitrogens with zero attached hydrogens (tertiary/aromatic N) is 3. The van der Waals surface area contributed by atoms with Crippen LogP contribution in [0.3, 0.4) is 0 Å². The van der Waals surface area contributed by atoms with Crippen LogP contribution in [0, 0.1) is 5.92 Å². The lowest BCUT2D eigenvalue weighted by Gasteiger charge is -2.18. The molecule has 1 aromatic heterocycles. The zero-order valence-corrected chi connectivity index (χ0v) is 9.43. The minimum absolute atomic E-state index is 0.222. The van der Waals surface area contributed by atoms with Crippen molar-refractivity contribution in [2.24, 2.45) is 5.92 Å². The third kappa shape index (κ3) is 2.78. The summed E-state index contributed by atoms with van der Waals surface area (Å²) in [5, 5.41) is 9.56. The maximum absolute atomic E-state index is 11.7. The van der Waals surface area contributed by atoms with E-state index in [1.807, 2.05) is 0 Å². The zero-order valence-electron chi connectivity index (χ0n) is 9.43. The summed E-state index contributed by atoms with van der Waals surface area (Å²) < 4.78 is 4.57. The Hall–Kier alpha value is -1.92. The summed E-state index contributed by atoms with van der Waals surface area (Å²) in [5.41, 5.74) is 0.222. The normalized spacial score (nSPS) is 11.9. The largest absolute Gasteiger partial charge is 0.469 e. The second kappa shape index (κ2) is 5.24. The van der Waals surface area contributed by atoms with Crippen LogP contribution in [-0.2, 0) is 9.53 Å². The van der Waals surface area contributed by atoms with Gasteiger partial charge in [0.25, 0.3) is 5.91 Å². The topological polar surface area (TPSA) is 88.2 Å². The van der Waals surface area contributed by atoms with E-state index in [0.29, 0.717) is 0 Å². The van der Waals surface area contributed by atoms with E-state index < -0.39 is 0 Å². The Labute approximate surface area is 92.8 Å². The molecule has 88 valence electrons. The Balaban J connectivity index is 2.56. The first kappa shape index (κ1) is 12.2. The standard InChI is InChI=1S/C9H14N4O3/c1-6(9(15)16-3)5-13(2)8(14)7-4-10-12-11-7/h4,6H,5H2,1-3H3,(H,10,11,12). The summed E-state index contributed by atoms with van der Waals surface area (Å²) >= 11 is 0. The van der Waals surface area contributed by atoms with Gasteiger partial charge in [-0.05, 0) is 0 Å². The number of amides is 1. The first-order chi connectivity index (χ1) is 7.56. The molecule has 1 N–H and O–H groups in total. The molecule has 1 amide bonds. The molecule has 16 heavy (non-hydrogen) atoms. The van der Waals surface area contributed by atoms with Crippen molar-refractivity contribution in [1.29, 1.82) is 0 Å². The van der Waals surface area contributed by atoms with Gasteiger partial charge in [-0.15, -0.1) is 0 Å². The molecule has 0 saturated heterocycles. The molecule has 0 radical (unpaired) electrons. The monoisotopic (exact) mass is 226 g/mol. The lowest BCUT2D eigenvalue weighted by atomic mass is 10.1. The van der Waals surface area contributed by atoms with E-state index in [4.69, 9.17) is 0 Å². The summed E-state index contributed by atoms with van der Waals surface area (Å²) in [5.74, 6) is -1.00. The molecule has 7 heteroatoms. The number of hydrogen-bond donors (Lipinski definition) is 1. The summed E-state index contributed by atoms with van der Waals surface area (Å²) in [4.78, 5) is 24.3. The predicted octanol–water partition coefficient (Wildman–Crippen LogP) is -0.314. The Morgan fingerprint density at radius 1 is 1.62 bits per heavy atom. The molecular formula is C9H14N4O3. The summed E-state index contributed by atoms with van der Waals surface area (Å²) in [7, 11) is 2.91. The molecule has 1 atom stereocenters. The minimum atomic E-state index is -0.370. The van der Waals surface area contributed by atoms with E-state index in [-0.39, 0.29) is 30.0 Å². The predicted molar refractivity (Wildman–Crippen MR) is 54.5 cm³/mol. The molecule has 0 fully saturated rings. The van der Waals surface area contributed by atoms with Crippen LogP contribution in [0.25, 0.3) is 0 Å². The highest BCUT2D eigenvalue weighted by Crippen LogP contribution is 2.04. The first-order valence-electron chi connectivity index (χ1n) is 4.75. The number of rotatable bonds is 4. The third-order valence-electron chi connectivity index (χ3n) is 2.13. The average Bonchev–Trinajstić information content (AvgIpc) is 2.79. The van der Waals surface area contributed by atoms with Crippen LogP contribution in [0.4, 0.5) is 0 Å². The van der Waals surface area contributed by atoms with Crippen molar-refractivity contribution in [3.8, 4) is 0 Å². The average molecular weight is 226 g/mol. The fourth-order valence-electron chi connectivity index (χ4n) is 1.27. The molecule has 0 saturated carbocycles. The number of aromatic nitrogens is 3. The van der Waals surface area contributed by atoms with Crippen molar-refractivity contribution in [3.05, 3.63) is 11.9 Å².